The van der Waals surface area contributed by atoms with Gasteiger partial charge in [0.05, 0.1) is 11.6 Å². The molecule has 4 heteroatoms. The molecule has 1 heterocycles. The van der Waals surface area contributed by atoms with Crippen LogP contribution in [0.1, 0.15) is 39.1 Å². The normalized spacial score (nSPS) is 13.1. The highest BCUT2D eigenvalue weighted by Crippen LogP contribution is 2.22. The molecule has 0 amide bonds. The number of imidazole rings is 1. The molecule has 18 heavy (non-hydrogen) atoms. The first-order valence-electron chi connectivity index (χ1n) is 6.57. The number of nitrogens with one attached hydrogen (secondary N) is 1. The molecule has 0 aliphatic carbocycles. The second-order valence-electron chi connectivity index (χ2n) is 4.50. The molecule has 1 aromatic carbocycles. The lowest BCUT2D eigenvalue weighted by atomic mass is 10.3. The summed E-state index contributed by atoms with van der Waals surface area (Å²) in [5, 5.41) is 3.40. The summed E-state index contributed by atoms with van der Waals surface area (Å²) < 4.78 is 15.8. The number of para-hydroxylation sites is 1. The van der Waals surface area contributed by atoms with E-state index in [9.17, 15) is 4.39 Å². The highest BCUT2D eigenvalue weighted by Gasteiger charge is 2.16. The molecular formula is C14H20FN3. The summed E-state index contributed by atoms with van der Waals surface area (Å²) in [6, 6.07) is 5.25. The van der Waals surface area contributed by atoms with Gasteiger partial charge >= 0.3 is 0 Å². The minimum atomic E-state index is -0.247. The van der Waals surface area contributed by atoms with E-state index in [4.69, 9.17) is 0 Å². The summed E-state index contributed by atoms with van der Waals surface area (Å²) >= 11 is 0. The summed E-state index contributed by atoms with van der Waals surface area (Å²) in [4.78, 5) is 4.46. The lowest BCUT2D eigenvalue weighted by molar-refractivity contribution is 0.521. The maximum absolute atomic E-state index is 13.7. The van der Waals surface area contributed by atoms with E-state index in [-0.39, 0.29) is 11.9 Å². The van der Waals surface area contributed by atoms with Crippen molar-refractivity contribution in [3.63, 3.8) is 0 Å². The second-order valence-corrected chi connectivity index (χ2v) is 4.50. The lowest BCUT2D eigenvalue weighted by Crippen LogP contribution is -2.22. The highest BCUT2D eigenvalue weighted by molar-refractivity contribution is 5.76. The van der Waals surface area contributed by atoms with E-state index in [1.54, 1.807) is 6.07 Å². The van der Waals surface area contributed by atoms with Gasteiger partial charge in [0, 0.05) is 6.54 Å². The maximum Gasteiger partial charge on any atom is 0.151 e. The Balaban J connectivity index is 2.46. The Morgan fingerprint density at radius 2 is 2.17 bits per heavy atom. The summed E-state index contributed by atoms with van der Waals surface area (Å²) in [6.07, 6.45) is 1.07. The molecule has 0 saturated carbocycles. The Labute approximate surface area is 107 Å². The Morgan fingerprint density at radius 3 is 2.83 bits per heavy atom. The second kappa shape index (κ2) is 5.48. The van der Waals surface area contributed by atoms with Gasteiger partial charge < -0.3 is 9.88 Å². The van der Waals surface area contributed by atoms with E-state index >= 15 is 0 Å². The average molecular weight is 249 g/mol. The maximum atomic E-state index is 13.7. The molecule has 1 unspecified atom stereocenters. The van der Waals surface area contributed by atoms with Crippen molar-refractivity contribution < 1.29 is 4.39 Å². The van der Waals surface area contributed by atoms with Gasteiger partial charge in [-0.1, -0.05) is 13.0 Å². The van der Waals surface area contributed by atoms with Gasteiger partial charge in [0.15, 0.2) is 5.82 Å². The molecule has 3 nitrogen and oxygen atoms in total. The monoisotopic (exact) mass is 249 g/mol. The van der Waals surface area contributed by atoms with Gasteiger partial charge in [0.25, 0.3) is 0 Å². The van der Waals surface area contributed by atoms with E-state index in [2.05, 4.69) is 35.6 Å². The van der Waals surface area contributed by atoms with Crippen molar-refractivity contribution in [2.75, 3.05) is 6.54 Å². The number of rotatable bonds is 5. The van der Waals surface area contributed by atoms with Gasteiger partial charge in [-0.15, -0.1) is 0 Å². The number of fused-ring (bicyclic) bond motifs is 1. The van der Waals surface area contributed by atoms with Crippen LogP contribution < -0.4 is 5.32 Å². The predicted molar refractivity (Wildman–Crippen MR) is 72.1 cm³/mol. The summed E-state index contributed by atoms with van der Waals surface area (Å²) in [6.45, 7) is 8.00. The summed E-state index contributed by atoms with van der Waals surface area (Å²) in [5.74, 6) is 0.662. The number of hydrogen-bond donors (Lipinski definition) is 1. The van der Waals surface area contributed by atoms with Crippen LogP contribution in [0.4, 0.5) is 4.39 Å². The minimum absolute atomic E-state index is 0.136. The van der Waals surface area contributed by atoms with Crippen molar-refractivity contribution in [2.45, 2.75) is 39.8 Å². The Kier molecular flexibility index (Phi) is 3.97. The zero-order valence-electron chi connectivity index (χ0n) is 11.2. The largest absolute Gasteiger partial charge is 0.327 e. The van der Waals surface area contributed by atoms with Gasteiger partial charge in [-0.3, -0.25) is 0 Å². The first kappa shape index (κ1) is 13.0. The predicted octanol–water partition coefficient (Wildman–Crippen LogP) is 3.26. The third kappa shape index (κ3) is 2.25. The molecule has 1 atom stereocenters. The van der Waals surface area contributed by atoms with Crippen molar-refractivity contribution in [1.29, 1.82) is 0 Å². The van der Waals surface area contributed by atoms with Gasteiger partial charge in [0.1, 0.15) is 11.3 Å². The van der Waals surface area contributed by atoms with Crippen LogP contribution in [0.25, 0.3) is 11.0 Å². The first-order valence-corrected chi connectivity index (χ1v) is 6.57. The molecule has 0 radical (unpaired) electrons. The third-order valence-corrected chi connectivity index (χ3v) is 3.16. The number of halogens is 1. The van der Waals surface area contributed by atoms with Crippen LogP contribution >= 0.6 is 0 Å². The van der Waals surface area contributed by atoms with E-state index < -0.39 is 0 Å². The van der Waals surface area contributed by atoms with Crippen molar-refractivity contribution in [1.82, 2.24) is 14.9 Å². The molecule has 0 aliphatic heterocycles. The number of aryl methyl sites for hydroxylation is 1. The molecule has 1 N–H and O–H groups in total. The minimum Gasteiger partial charge on any atom is -0.327 e. The zero-order chi connectivity index (χ0) is 13.1. The first-order chi connectivity index (χ1) is 8.69. The lowest BCUT2D eigenvalue weighted by Gasteiger charge is -2.14. The van der Waals surface area contributed by atoms with Crippen LogP contribution in [0, 0.1) is 5.82 Å². The number of hydrogen-bond acceptors (Lipinski definition) is 2. The van der Waals surface area contributed by atoms with Gasteiger partial charge in [-0.05, 0) is 38.9 Å². The van der Waals surface area contributed by atoms with Gasteiger partial charge in [0.2, 0.25) is 0 Å². The number of nitrogens with zero attached hydrogens (tertiary/aromatic N) is 2. The topological polar surface area (TPSA) is 29.9 Å². The quantitative estimate of drug-likeness (QED) is 0.881. The molecule has 0 saturated heterocycles. The van der Waals surface area contributed by atoms with Crippen molar-refractivity contribution >= 4 is 11.0 Å². The van der Waals surface area contributed by atoms with Gasteiger partial charge in [-0.25, -0.2) is 9.37 Å². The van der Waals surface area contributed by atoms with Crippen LogP contribution in [0.3, 0.4) is 0 Å². The molecule has 1 aromatic heterocycles. The number of aromatic nitrogens is 2. The standard InChI is InChI=1S/C14H20FN3/c1-4-9-16-10(3)14-17-13-11(15)7-6-8-12(13)18(14)5-2/h6-8,10,16H,4-5,9H2,1-3H3. The Bertz CT molecular complexity index is 533. The molecule has 0 fully saturated rings. The summed E-state index contributed by atoms with van der Waals surface area (Å²) in [5.41, 5.74) is 1.34. The molecule has 2 aromatic rings. The van der Waals surface area contributed by atoms with E-state index in [1.807, 2.05) is 6.07 Å². The fourth-order valence-corrected chi connectivity index (χ4v) is 2.25. The number of benzene rings is 1. The molecule has 98 valence electrons. The van der Waals surface area contributed by atoms with Crippen LogP contribution in [0.2, 0.25) is 0 Å². The molecular weight excluding hydrogens is 229 g/mol. The van der Waals surface area contributed by atoms with Gasteiger partial charge in [-0.2, -0.15) is 0 Å². The molecule has 0 bridgehead atoms. The fraction of sp³-hybridized carbons (Fsp3) is 0.500. The van der Waals surface area contributed by atoms with Crippen molar-refractivity contribution in [3.05, 3.63) is 29.8 Å². The van der Waals surface area contributed by atoms with Crippen molar-refractivity contribution in [2.24, 2.45) is 0 Å². The Morgan fingerprint density at radius 1 is 1.39 bits per heavy atom. The van der Waals surface area contributed by atoms with Crippen LogP contribution in [-0.4, -0.2) is 16.1 Å². The van der Waals surface area contributed by atoms with Crippen LogP contribution in [0.15, 0.2) is 18.2 Å². The fourth-order valence-electron chi connectivity index (χ4n) is 2.25. The average Bonchev–Trinajstić information content (AvgIpc) is 2.76. The van der Waals surface area contributed by atoms with Crippen LogP contribution in [0.5, 0.6) is 0 Å². The SMILES string of the molecule is CCCNC(C)c1nc2c(F)cccc2n1CC. The van der Waals surface area contributed by atoms with Crippen molar-refractivity contribution in [3.8, 4) is 0 Å². The van der Waals surface area contributed by atoms with E-state index in [0.29, 0.717) is 5.52 Å². The van der Waals surface area contributed by atoms with E-state index in [0.717, 1.165) is 30.9 Å². The molecule has 0 spiro atoms. The highest BCUT2D eigenvalue weighted by atomic mass is 19.1. The summed E-state index contributed by atoms with van der Waals surface area (Å²) in [7, 11) is 0. The molecule has 2 rings (SSSR count). The smallest absolute Gasteiger partial charge is 0.151 e. The zero-order valence-corrected chi connectivity index (χ0v) is 11.2. The van der Waals surface area contributed by atoms with Crippen LogP contribution in [-0.2, 0) is 6.54 Å². The molecule has 0 aliphatic rings. The Hall–Kier alpha value is -1.42. The third-order valence-electron chi connectivity index (χ3n) is 3.16. The van der Waals surface area contributed by atoms with E-state index in [1.165, 1.54) is 6.07 Å².